The first-order chi connectivity index (χ1) is 8.70. The predicted octanol–water partition coefficient (Wildman–Crippen LogP) is 3.28. The number of thiophene rings is 1. The fourth-order valence-electron chi connectivity index (χ4n) is 1.67. The van der Waals surface area contributed by atoms with Gasteiger partial charge in [0.1, 0.15) is 0 Å². The number of amides is 1. The van der Waals surface area contributed by atoms with Crippen LogP contribution in [0.25, 0.3) is 0 Å². The van der Waals surface area contributed by atoms with Gasteiger partial charge in [-0.15, -0.1) is 0 Å². The molecule has 0 aliphatic carbocycles. The highest BCUT2D eigenvalue weighted by molar-refractivity contribution is 7.07. The van der Waals surface area contributed by atoms with Crippen molar-refractivity contribution >= 4 is 22.9 Å². The van der Waals surface area contributed by atoms with Crippen LogP contribution in [0.1, 0.15) is 28.9 Å². The van der Waals surface area contributed by atoms with Crippen molar-refractivity contribution in [3.8, 4) is 0 Å². The van der Waals surface area contributed by atoms with Crippen molar-refractivity contribution in [1.29, 1.82) is 0 Å². The molecule has 18 heavy (non-hydrogen) atoms. The van der Waals surface area contributed by atoms with Crippen LogP contribution in [0.3, 0.4) is 0 Å². The SMILES string of the molecule is CNc1ccc(C(=O)NC(C)c2ccsc2)cc1. The normalized spacial score (nSPS) is 11.9. The molecule has 0 spiro atoms. The number of nitrogens with one attached hydrogen (secondary N) is 2. The summed E-state index contributed by atoms with van der Waals surface area (Å²) in [5.74, 6) is -0.0450. The highest BCUT2D eigenvalue weighted by Gasteiger charge is 2.11. The van der Waals surface area contributed by atoms with Gasteiger partial charge in [-0.2, -0.15) is 11.3 Å². The minimum absolute atomic E-state index is 0.0349. The number of carbonyl (C=O) groups is 1. The maximum absolute atomic E-state index is 12.0. The molecule has 0 bridgehead atoms. The van der Waals surface area contributed by atoms with Gasteiger partial charge in [0.25, 0.3) is 5.91 Å². The Labute approximate surface area is 111 Å². The molecular formula is C14H16N2OS. The van der Waals surface area contributed by atoms with Gasteiger partial charge < -0.3 is 10.6 Å². The summed E-state index contributed by atoms with van der Waals surface area (Å²) in [7, 11) is 1.85. The third kappa shape index (κ3) is 2.90. The van der Waals surface area contributed by atoms with Crippen molar-refractivity contribution in [2.24, 2.45) is 0 Å². The molecule has 1 aromatic heterocycles. The van der Waals surface area contributed by atoms with Gasteiger partial charge in [0.2, 0.25) is 0 Å². The minimum atomic E-state index is -0.0450. The Hall–Kier alpha value is -1.81. The van der Waals surface area contributed by atoms with E-state index < -0.39 is 0 Å². The molecular weight excluding hydrogens is 244 g/mol. The van der Waals surface area contributed by atoms with Crippen molar-refractivity contribution in [3.63, 3.8) is 0 Å². The second-order valence-electron chi connectivity index (χ2n) is 4.08. The monoisotopic (exact) mass is 260 g/mol. The molecule has 3 nitrogen and oxygen atoms in total. The fourth-order valence-corrected chi connectivity index (χ4v) is 2.43. The molecule has 0 fully saturated rings. The molecule has 0 saturated carbocycles. The van der Waals surface area contributed by atoms with E-state index in [4.69, 9.17) is 0 Å². The van der Waals surface area contributed by atoms with Crippen LogP contribution in [0, 0.1) is 0 Å². The van der Waals surface area contributed by atoms with Crippen LogP contribution in [0.2, 0.25) is 0 Å². The average molecular weight is 260 g/mol. The summed E-state index contributed by atoms with van der Waals surface area (Å²) in [6.07, 6.45) is 0. The summed E-state index contributed by atoms with van der Waals surface area (Å²) in [6.45, 7) is 1.99. The van der Waals surface area contributed by atoms with Crippen LogP contribution < -0.4 is 10.6 Å². The van der Waals surface area contributed by atoms with Crippen LogP contribution in [-0.2, 0) is 0 Å². The first kappa shape index (κ1) is 12.6. The van der Waals surface area contributed by atoms with Crippen molar-refractivity contribution in [2.75, 3.05) is 12.4 Å². The van der Waals surface area contributed by atoms with Crippen molar-refractivity contribution in [3.05, 3.63) is 52.2 Å². The van der Waals surface area contributed by atoms with Crippen molar-refractivity contribution in [2.45, 2.75) is 13.0 Å². The molecule has 2 aromatic rings. The van der Waals surface area contributed by atoms with E-state index >= 15 is 0 Å². The van der Waals surface area contributed by atoms with E-state index in [1.54, 1.807) is 11.3 Å². The van der Waals surface area contributed by atoms with Crippen LogP contribution >= 0.6 is 11.3 Å². The molecule has 2 rings (SSSR count). The first-order valence-corrected chi connectivity index (χ1v) is 6.76. The molecule has 1 heterocycles. The lowest BCUT2D eigenvalue weighted by Crippen LogP contribution is -2.26. The summed E-state index contributed by atoms with van der Waals surface area (Å²) in [6, 6.07) is 9.49. The third-order valence-corrected chi connectivity index (χ3v) is 3.53. The molecule has 4 heteroatoms. The van der Waals surface area contributed by atoms with Gasteiger partial charge in [-0.25, -0.2) is 0 Å². The molecule has 2 N–H and O–H groups in total. The zero-order chi connectivity index (χ0) is 13.0. The quantitative estimate of drug-likeness (QED) is 0.885. The van der Waals surface area contributed by atoms with E-state index in [0.717, 1.165) is 11.3 Å². The van der Waals surface area contributed by atoms with E-state index in [-0.39, 0.29) is 11.9 Å². The Morgan fingerprint density at radius 3 is 2.50 bits per heavy atom. The lowest BCUT2D eigenvalue weighted by atomic mass is 10.1. The Morgan fingerprint density at radius 1 is 1.22 bits per heavy atom. The summed E-state index contributed by atoms with van der Waals surface area (Å²) in [5.41, 5.74) is 2.81. The molecule has 1 aromatic carbocycles. The number of rotatable bonds is 4. The van der Waals surface area contributed by atoms with Gasteiger partial charge in [0.15, 0.2) is 0 Å². The average Bonchev–Trinajstić information content (AvgIpc) is 2.92. The van der Waals surface area contributed by atoms with E-state index in [0.29, 0.717) is 5.56 Å². The Balaban J connectivity index is 2.03. The van der Waals surface area contributed by atoms with Crippen molar-refractivity contribution < 1.29 is 4.79 Å². The lowest BCUT2D eigenvalue weighted by Gasteiger charge is -2.12. The van der Waals surface area contributed by atoms with E-state index in [1.165, 1.54) is 0 Å². The minimum Gasteiger partial charge on any atom is -0.388 e. The van der Waals surface area contributed by atoms with Gasteiger partial charge >= 0.3 is 0 Å². The Kier molecular flexibility index (Phi) is 3.99. The van der Waals surface area contributed by atoms with Gasteiger partial charge in [-0.1, -0.05) is 0 Å². The maximum Gasteiger partial charge on any atom is 0.251 e. The number of anilines is 1. The van der Waals surface area contributed by atoms with Gasteiger partial charge in [-0.3, -0.25) is 4.79 Å². The molecule has 0 radical (unpaired) electrons. The predicted molar refractivity (Wildman–Crippen MR) is 76.2 cm³/mol. The van der Waals surface area contributed by atoms with Crippen LogP contribution in [-0.4, -0.2) is 13.0 Å². The molecule has 0 aliphatic heterocycles. The fraction of sp³-hybridized carbons (Fsp3) is 0.214. The van der Waals surface area contributed by atoms with Gasteiger partial charge in [0.05, 0.1) is 6.04 Å². The van der Waals surface area contributed by atoms with Crippen molar-refractivity contribution in [1.82, 2.24) is 5.32 Å². The summed E-state index contributed by atoms with van der Waals surface area (Å²) >= 11 is 1.64. The van der Waals surface area contributed by atoms with E-state index in [2.05, 4.69) is 16.0 Å². The van der Waals surface area contributed by atoms with E-state index in [9.17, 15) is 4.79 Å². The smallest absolute Gasteiger partial charge is 0.251 e. The maximum atomic E-state index is 12.0. The number of benzene rings is 1. The molecule has 1 amide bonds. The summed E-state index contributed by atoms with van der Waals surface area (Å²) in [5, 5.41) is 10.1. The zero-order valence-corrected chi connectivity index (χ0v) is 11.3. The summed E-state index contributed by atoms with van der Waals surface area (Å²) in [4.78, 5) is 12.0. The second-order valence-corrected chi connectivity index (χ2v) is 4.86. The van der Waals surface area contributed by atoms with E-state index in [1.807, 2.05) is 49.7 Å². The number of hydrogen-bond donors (Lipinski definition) is 2. The van der Waals surface area contributed by atoms with Gasteiger partial charge in [0, 0.05) is 18.3 Å². The standard InChI is InChI=1S/C14H16N2OS/c1-10(12-7-8-18-9-12)16-14(17)11-3-5-13(15-2)6-4-11/h3-10,15H,1-2H3,(H,16,17). The first-order valence-electron chi connectivity index (χ1n) is 5.81. The molecule has 1 unspecified atom stereocenters. The summed E-state index contributed by atoms with van der Waals surface area (Å²) < 4.78 is 0. The molecule has 0 saturated heterocycles. The number of hydrogen-bond acceptors (Lipinski definition) is 3. The highest BCUT2D eigenvalue weighted by Crippen LogP contribution is 2.16. The molecule has 94 valence electrons. The zero-order valence-electron chi connectivity index (χ0n) is 10.4. The van der Waals surface area contributed by atoms with Crippen LogP contribution in [0.15, 0.2) is 41.1 Å². The largest absolute Gasteiger partial charge is 0.388 e. The number of carbonyl (C=O) groups excluding carboxylic acids is 1. The van der Waals surface area contributed by atoms with Crippen LogP contribution in [0.4, 0.5) is 5.69 Å². The Bertz CT molecular complexity index is 505. The highest BCUT2D eigenvalue weighted by atomic mass is 32.1. The molecule has 1 atom stereocenters. The second kappa shape index (κ2) is 5.69. The van der Waals surface area contributed by atoms with Gasteiger partial charge in [-0.05, 0) is 53.6 Å². The molecule has 0 aliphatic rings. The topological polar surface area (TPSA) is 41.1 Å². The lowest BCUT2D eigenvalue weighted by molar-refractivity contribution is 0.0940. The Morgan fingerprint density at radius 2 is 1.94 bits per heavy atom. The van der Waals surface area contributed by atoms with Crippen LogP contribution in [0.5, 0.6) is 0 Å². The third-order valence-electron chi connectivity index (χ3n) is 2.83.